The molecule has 0 amide bonds. The first-order valence-electron chi connectivity index (χ1n) is 6.25. The maximum atomic E-state index is 5.97. The highest BCUT2D eigenvalue weighted by Crippen LogP contribution is 2.33. The second-order valence-corrected chi connectivity index (χ2v) is 4.94. The zero-order chi connectivity index (χ0) is 15.0. The van der Waals surface area contributed by atoms with Crippen molar-refractivity contribution in [2.45, 2.75) is 13.8 Å². The van der Waals surface area contributed by atoms with Crippen molar-refractivity contribution >= 4 is 28.6 Å². The first-order chi connectivity index (χ1) is 10.1. The number of aromatic nitrogens is 4. The summed E-state index contributed by atoms with van der Waals surface area (Å²) in [6, 6.07) is 5.18. The Hall–Kier alpha value is -2.41. The summed E-state index contributed by atoms with van der Waals surface area (Å²) in [5, 5.41) is 20.3. The lowest BCUT2D eigenvalue weighted by molar-refractivity contribution is 0.416. The molecule has 0 saturated heterocycles. The molecule has 8 heteroatoms. The molecular formula is C13H13ClN6O. The fraction of sp³-hybridized carbons (Fsp3) is 0.231. The van der Waals surface area contributed by atoms with Gasteiger partial charge in [0.25, 0.3) is 0 Å². The molecule has 0 aliphatic carbocycles. The highest BCUT2D eigenvalue weighted by atomic mass is 35.5. The molecule has 7 nitrogen and oxygen atoms in total. The number of hydrogen-bond acceptors (Lipinski definition) is 5. The van der Waals surface area contributed by atoms with Gasteiger partial charge in [0, 0.05) is 5.02 Å². The number of aryl methyl sites for hydroxylation is 2. The average molecular weight is 305 g/mol. The van der Waals surface area contributed by atoms with Gasteiger partial charge in [-0.3, -0.25) is 5.10 Å². The molecule has 0 spiro atoms. The average Bonchev–Trinajstić information content (AvgIpc) is 2.96. The molecule has 0 aliphatic heterocycles. The number of nitrogens with zero attached hydrogens (tertiary/aromatic N) is 5. The van der Waals surface area contributed by atoms with Gasteiger partial charge in [-0.15, -0.1) is 20.4 Å². The van der Waals surface area contributed by atoms with E-state index in [1.54, 1.807) is 29.8 Å². The number of H-pyrrole nitrogens is 1. The van der Waals surface area contributed by atoms with Crippen LogP contribution >= 0.6 is 11.6 Å². The Morgan fingerprint density at radius 1 is 1.24 bits per heavy atom. The quantitative estimate of drug-likeness (QED) is 0.748. The van der Waals surface area contributed by atoms with E-state index in [-0.39, 0.29) is 0 Å². The van der Waals surface area contributed by atoms with E-state index in [1.165, 1.54) is 0 Å². The van der Waals surface area contributed by atoms with Crippen molar-refractivity contribution in [1.29, 1.82) is 0 Å². The van der Waals surface area contributed by atoms with Crippen molar-refractivity contribution in [1.82, 2.24) is 19.8 Å². The first-order valence-corrected chi connectivity index (χ1v) is 6.63. The van der Waals surface area contributed by atoms with Gasteiger partial charge in [0.05, 0.1) is 12.8 Å². The topological polar surface area (TPSA) is 79.9 Å². The van der Waals surface area contributed by atoms with Crippen LogP contribution < -0.4 is 4.74 Å². The minimum absolute atomic E-state index is 0.556. The van der Waals surface area contributed by atoms with E-state index in [1.807, 2.05) is 13.8 Å². The lowest BCUT2D eigenvalue weighted by Gasteiger charge is -2.02. The molecule has 1 aromatic carbocycles. The molecule has 1 N–H and O–H groups in total. The molecule has 2 heterocycles. The van der Waals surface area contributed by atoms with Crippen LogP contribution in [0.15, 0.2) is 28.4 Å². The number of aromatic amines is 1. The molecule has 3 rings (SSSR count). The molecule has 0 aliphatic rings. The second kappa shape index (κ2) is 5.17. The van der Waals surface area contributed by atoms with Crippen molar-refractivity contribution in [2.75, 3.05) is 7.11 Å². The van der Waals surface area contributed by atoms with Crippen LogP contribution in [-0.4, -0.2) is 26.9 Å². The molecule has 0 radical (unpaired) electrons. The van der Waals surface area contributed by atoms with Gasteiger partial charge in [-0.1, -0.05) is 11.6 Å². The third-order valence-corrected chi connectivity index (χ3v) is 3.31. The molecule has 2 aromatic heterocycles. The summed E-state index contributed by atoms with van der Waals surface area (Å²) in [7, 11) is 1.57. The number of fused-ring (bicyclic) bond motifs is 1. The predicted octanol–water partition coefficient (Wildman–Crippen LogP) is 3.75. The van der Waals surface area contributed by atoms with Crippen molar-refractivity contribution in [2.24, 2.45) is 10.2 Å². The van der Waals surface area contributed by atoms with E-state index in [0.717, 1.165) is 11.5 Å². The van der Waals surface area contributed by atoms with Gasteiger partial charge in [0.2, 0.25) is 5.65 Å². The van der Waals surface area contributed by atoms with Crippen molar-refractivity contribution in [3.8, 4) is 5.75 Å². The molecule has 0 fully saturated rings. The number of azo groups is 1. The van der Waals surface area contributed by atoms with Crippen LogP contribution in [0.2, 0.25) is 5.02 Å². The zero-order valence-electron chi connectivity index (χ0n) is 11.8. The third kappa shape index (κ3) is 2.36. The highest BCUT2D eigenvalue weighted by molar-refractivity contribution is 6.30. The molecule has 0 saturated carbocycles. The van der Waals surface area contributed by atoms with E-state index < -0.39 is 0 Å². The predicted molar refractivity (Wildman–Crippen MR) is 79.0 cm³/mol. The Balaban J connectivity index is 2.06. The summed E-state index contributed by atoms with van der Waals surface area (Å²) in [5.41, 5.74) is 2.68. The van der Waals surface area contributed by atoms with Crippen LogP contribution in [0.4, 0.5) is 11.4 Å². The molecule has 108 valence electrons. The van der Waals surface area contributed by atoms with Crippen molar-refractivity contribution < 1.29 is 4.74 Å². The minimum atomic E-state index is 0.556. The summed E-state index contributed by atoms with van der Waals surface area (Å²) >= 11 is 5.97. The fourth-order valence-electron chi connectivity index (χ4n) is 2.00. The van der Waals surface area contributed by atoms with Crippen LogP contribution in [0.1, 0.15) is 11.5 Å². The number of halogens is 1. The van der Waals surface area contributed by atoms with E-state index in [2.05, 4.69) is 25.5 Å². The minimum Gasteiger partial charge on any atom is -0.494 e. The largest absolute Gasteiger partial charge is 0.494 e. The summed E-state index contributed by atoms with van der Waals surface area (Å²) in [4.78, 5) is 0. The lowest BCUT2D eigenvalue weighted by atomic mass is 10.3. The van der Waals surface area contributed by atoms with Gasteiger partial charge in [-0.2, -0.15) is 0 Å². The van der Waals surface area contributed by atoms with E-state index in [9.17, 15) is 0 Å². The summed E-state index contributed by atoms with van der Waals surface area (Å²) in [5.74, 6) is 1.36. The lowest BCUT2D eigenvalue weighted by Crippen LogP contribution is -1.87. The van der Waals surface area contributed by atoms with Gasteiger partial charge in [-0.05, 0) is 32.0 Å². The van der Waals surface area contributed by atoms with Crippen LogP contribution in [-0.2, 0) is 0 Å². The third-order valence-electron chi connectivity index (χ3n) is 3.07. The zero-order valence-corrected chi connectivity index (χ0v) is 12.5. The number of rotatable bonds is 3. The van der Waals surface area contributed by atoms with Gasteiger partial charge in [0.15, 0.2) is 5.69 Å². The van der Waals surface area contributed by atoms with Gasteiger partial charge in [0.1, 0.15) is 17.3 Å². The molecular weight excluding hydrogens is 292 g/mol. The Kier molecular flexibility index (Phi) is 3.34. The summed E-state index contributed by atoms with van der Waals surface area (Å²) in [6.45, 7) is 3.76. The normalized spacial score (nSPS) is 11.6. The maximum absolute atomic E-state index is 5.97. The van der Waals surface area contributed by atoms with Crippen LogP contribution in [0, 0.1) is 13.8 Å². The van der Waals surface area contributed by atoms with Crippen molar-refractivity contribution in [3.05, 3.63) is 34.7 Å². The number of nitrogens with one attached hydrogen (secondary N) is 1. The molecule has 21 heavy (non-hydrogen) atoms. The van der Waals surface area contributed by atoms with E-state index >= 15 is 0 Å². The van der Waals surface area contributed by atoms with Gasteiger partial charge in [-0.25, -0.2) is 4.52 Å². The van der Waals surface area contributed by atoms with E-state index in [0.29, 0.717) is 27.8 Å². The second-order valence-electron chi connectivity index (χ2n) is 4.51. The monoisotopic (exact) mass is 304 g/mol. The number of hydrogen-bond donors (Lipinski definition) is 1. The number of ether oxygens (including phenoxy) is 1. The molecule has 0 unspecified atom stereocenters. The fourth-order valence-corrected chi connectivity index (χ4v) is 2.17. The Labute approximate surface area is 125 Å². The summed E-state index contributed by atoms with van der Waals surface area (Å²) in [6.07, 6.45) is 0. The molecule has 0 atom stereocenters. The van der Waals surface area contributed by atoms with Crippen LogP contribution in [0.25, 0.3) is 5.65 Å². The van der Waals surface area contributed by atoms with E-state index in [4.69, 9.17) is 16.3 Å². The highest BCUT2D eigenvalue weighted by Gasteiger charge is 2.13. The van der Waals surface area contributed by atoms with Crippen LogP contribution in [0.3, 0.4) is 0 Å². The Morgan fingerprint density at radius 2 is 2.05 bits per heavy atom. The summed E-state index contributed by atoms with van der Waals surface area (Å²) < 4.78 is 7.00. The molecule has 0 bridgehead atoms. The van der Waals surface area contributed by atoms with Gasteiger partial charge < -0.3 is 4.74 Å². The standard InChI is InChI=1S/C13H13ClN6O/c1-7-12(13-18-15-8(2)20(13)19-7)17-16-10-6-9(14)4-5-11(10)21-3/h4-6,19H,1-3H3. The van der Waals surface area contributed by atoms with Crippen LogP contribution in [0.5, 0.6) is 5.75 Å². The Bertz CT molecular complexity index is 835. The SMILES string of the molecule is COc1ccc(Cl)cc1N=Nc1c(C)[nH]n2c(C)nnc12. The Morgan fingerprint density at radius 3 is 2.81 bits per heavy atom. The number of benzene rings is 1. The first kappa shape index (κ1) is 13.6. The van der Waals surface area contributed by atoms with Gasteiger partial charge >= 0.3 is 0 Å². The van der Waals surface area contributed by atoms with Crippen molar-refractivity contribution in [3.63, 3.8) is 0 Å². The molecule has 3 aromatic rings. The smallest absolute Gasteiger partial charge is 0.205 e. The maximum Gasteiger partial charge on any atom is 0.205 e. The number of methoxy groups -OCH3 is 1.